The van der Waals surface area contributed by atoms with Gasteiger partial charge in [0.2, 0.25) is 0 Å². The SMILES string of the molecule is CNC(Cc1ccco1)c1ccoc1C. The summed E-state index contributed by atoms with van der Waals surface area (Å²) in [6.45, 7) is 1.97. The molecule has 2 rings (SSSR count). The molecule has 0 aliphatic rings. The van der Waals surface area contributed by atoms with Gasteiger partial charge in [-0.1, -0.05) is 0 Å². The summed E-state index contributed by atoms with van der Waals surface area (Å²) < 4.78 is 10.6. The van der Waals surface area contributed by atoms with Crippen LogP contribution in [0.4, 0.5) is 0 Å². The summed E-state index contributed by atoms with van der Waals surface area (Å²) in [6, 6.07) is 6.14. The van der Waals surface area contributed by atoms with Gasteiger partial charge >= 0.3 is 0 Å². The summed E-state index contributed by atoms with van der Waals surface area (Å²) in [6.07, 6.45) is 4.26. The molecule has 1 unspecified atom stereocenters. The molecule has 0 fully saturated rings. The van der Waals surface area contributed by atoms with Crippen molar-refractivity contribution in [1.82, 2.24) is 5.32 Å². The number of hydrogen-bond donors (Lipinski definition) is 1. The Balaban J connectivity index is 2.15. The molecule has 0 saturated heterocycles. The molecule has 0 saturated carbocycles. The van der Waals surface area contributed by atoms with Gasteiger partial charge < -0.3 is 14.2 Å². The van der Waals surface area contributed by atoms with Gasteiger partial charge in [0.15, 0.2) is 0 Å². The third-order valence-corrected chi connectivity index (χ3v) is 2.61. The van der Waals surface area contributed by atoms with E-state index in [1.807, 2.05) is 32.2 Å². The van der Waals surface area contributed by atoms with E-state index in [9.17, 15) is 0 Å². The molecule has 0 bridgehead atoms. The molecule has 80 valence electrons. The molecule has 3 nitrogen and oxygen atoms in total. The molecule has 2 aromatic rings. The Hall–Kier alpha value is -1.48. The number of aryl methyl sites for hydroxylation is 1. The number of likely N-dealkylation sites (N-methyl/N-ethyl adjacent to an activating group) is 1. The third-order valence-electron chi connectivity index (χ3n) is 2.61. The van der Waals surface area contributed by atoms with Crippen LogP contribution in [-0.2, 0) is 6.42 Å². The first-order chi connectivity index (χ1) is 7.31. The van der Waals surface area contributed by atoms with Crippen molar-refractivity contribution in [2.45, 2.75) is 19.4 Å². The van der Waals surface area contributed by atoms with Crippen molar-refractivity contribution < 1.29 is 8.83 Å². The summed E-state index contributed by atoms with van der Waals surface area (Å²) in [7, 11) is 1.94. The van der Waals surface area contributed by atoms with Gasteiger partial charge in [-0.25, -0.2) is 0 Å². The van der Waals surface area contributed by atoms with E-state index >= 15 is 0 Å². The second kappa shape index (κ2) is 4.36. The molecule has 0 aliphatic carbocycles. The Morgan fingerprint density at radius 1 is 1.27 bits per heavy atom. The monoisotopic (exact) mass is 205 g/mol. The molecule has 0 spiro atoms. The standard InChI is InChI=1S/C12H15NO2/c1-9-11(5-7-14-9)12(13-2)8-10-4-3-6-15-10/h3-7,12-13H,8H2,1-2H3. The van der Waals surface area contributed by atoms with Crippen molar-refractivity contribution in [3.05, 3.63) is 47.8 Å². The number of furan rings is 2. The predicted molar refractivity (Wildman–Crippen MR) is 57.7 cm³/mol. The molecule has 2 aromatic heterocycles. The largest absolute Gasteiger partial charge is 0.469 e. The van der Waals surface area contributed by atoms with Gasteiger partial charge in [0, 0.05) is 18.0 Å². The highest BCUT2D eigenvalue weighted by Gasteiger charge is 2.15. The zero-order valence-electron chi connectivity index (χ0n) is 8.99. The summed E-state index contributed by atoms with van der Waals surface area (Å²) in [5, 5.41) is 3.26. The van der Waals surface area contributed by atoms with Crippen molar-refractivity contribution in [1.29, 1.82) is 0 Å². The van der Waals surface area contributed by atoms with Crippen molar-refractivity contribution in [2.24, 2.45) is 0 Å². The van der Waals surface area contributed by atoms with E-state index in [0.717, 1.165) is 17.9 Å². The highest BCUT2D eigenvalue weighted by Crippen LogP contribution is 2.22. The first-order valence-electron chi connectivity index (χ1n) is 5.05. The van der Waals surface area contributed by atoms with Crippen molar-refractivity contribution >= 4 is 0 Å². The van der Waals surface area contributed by atoms with Crippen LogP contribution in [0.25, 0.3) is 0 Å². The number of hydrogen-bond acceptors (Lipinski definition) is 3. The van der Waals surface area contributed by atoms with E-state index in [0.29, 0.717) is 0 Å². The summed E-state index contributed by atoms with van der Waals surface area (Å²) in [5.74, 6) is 1.94. The fourth-order valence-electron chi connectivity index (χ4n) is 1.75. The van der Waals surface area contributed by atoms with Crippen molar-refractivity contribution in [3.8, 4) is 0 Å². The van der Waals surface area contributed by atoms with Crippen LogP contribution in [0.5, 0.6) is 0 Å². The summed E-state index contributed by atoms with van der Waals surface area (Å²) in [4.78, 5) is 0. The molecular formula is C12H15NO2. The Labute approximate surface area is 89.1 Å². The highest BCUT2D eigenvalue weighted by molar-refractivity contribution is 5.21. The zero-order valence-corrected chi connectivity index (χ0v) is 8.99. The van der Waals surface area contributed by atoms with Gasteiger partial charge in [0.05, 0.1) is 12.5 Å². The van der Waals surface area contributed by atoms with E-state index in [2.05, 4.69) is 5.32 Å². The van der Waals surface area contributed by atoms with Gasteiger partial charge in [0.1, 0.15) is 11.5 Å². The second-order valence-electron chi connectivity index (χ2n) is 3.56. The highest BCUT2D eigenvalue weighted by atomic mass is 16.3. The van der Waals surface area contributed by atoms with Gasteiger partial charge in [-0.05, 0) is 32.2 Å². The average Bonchev–Trinajstić information content (AvgIpc) is 2.85. The first-order valence-corrected chi connectivity index (χ1v) is 5.05. The lowest BCUT2D eigenvalue weighted by Crippen LogP contribution is -2.18. The minimum absolute atomic E-state index is 0.245. The lowest BCUT2D eigenvalue weighted by molar-refractivity contribution is 0.458. The number of nitrogens with one attached hydrogen (secondary N) is 1. The van der Waals surface area contributed by atoms with Gasteiger partial charge in [-0.3, -0.25) is 0 Å². The molecule has 0 radical (unpaired) electrons. The van der Waals surface area contributed by atoms with E-state index in [1.165, 1.54) is 5.56 Å². The van der Waals surface area contributed by atoms with Crippen LogP contribution in [0.2, 0.25) is 0 Å². The van der Waals surface area contributed by atoms with Crippen LogP contribution in [0.1, 0.15) is 23.1 Å². The quantitative estimate of drug-likeness (QED) is 0.834. The molecule has 15 heavy (non-hydrogen) atoms. The normalized spacial score (nSPS) is 12.9. The molecule has 1 N–H and O–H groups in total. The minimum Gasteiger partial charge on any atom is -0.469 e. The van der Waals surface area contributed by atoms with Crippen LogP contribution in [-0.4, -0.2) is 7.05 Å². The molecule has 2 heterocycles. The summed E-state index contributed by atoms with van der Waals surface area (Å²) in [5.41, 5.74) is 1.19. The zero-order chi connectivity index (χ0) is 10.7. The number of rotatable bonds is 4. The van der Waals surface area contributed by atoms with Gasteiger partial charge in [0.25, 0.3) is 0 Å². The smallest absolute Gasteiger partial charge is 0.105 e. The third kappa shape index (κ3) is 2.13. The fourth-order valence-corrected chi connectivity index (χ4v) is 1.75. The Kier molecular flexibility index (Phi) is 2.92. The fraction of sp³-hybridized carbons (Fsp3) is 0.333. The van der Waals surface area contributed by atoms with E-state index in [-0.39, 0.29) is 6.04 Å². The maximum absolute atomic E-state index is 5.33. The lowest BCUT2D eigenvalue weighted by Gasteiger charge is -2.13. The van der Waals surface area contributed by atoms with E-state index < -0.39 is 0 Å². The van der Waals surface area contributed by atoms with Crippen LogP contribution in [0, 0.1) is 6.92 Å². The van der Waals surface area contributed by atoms with Crippen molar-refractivity contribution in [2.75, 3.05) is 7.05 Å². The van der Waals surface area contributed by atoms with E-state index in [1.54, 1.807) is 12.5 Å². The molecule has 0 aliphatic heterocycles. The van der Waals surface area contributed by atoms with E-state index in [4.69, 9.17) is 8.83 Å². The molecule has 0 amide bonds. The maximum Gasteiger partial charge on any atom is 0.105 e. The Morgan fingerprint density at radius 3 is 2.67 bits per heavy atom. The lowest BCUT2D eigenvalue weighted by atomic mass is 10.0. The average molecular weight is 205 g/mol. The topological polar surface area (TPSA) is 38.3 Å². The second-order valence-corrected chi connectivity index (χ2v) is 3.56. The van der Waals surface area contributed by atoms with Gasteiger partial charge in [-0.2, -0.15) is 0 Å². The molecule has 1 atom stereocenters. The van der Waals surface area contributed by atoms with Gasteiger partial charge in [-0.15, -0.1) is 0 Å². The maximum atomic E-state index is 5.33. The van der Waals surface area contributed by atoms with Crippen LogP contribution in [0.15, 0.2) is 39.6 Å². The molecular weight excluding hydrogens is 190 g/mol. The van der Waals surface area contributed by atoms with Crippen LogP contribution >= 0.6 is 0 Å². The Morgan fingerprint density at radius 2 is 2.13 bits per heavy atom. The molecule has 3 heteroatoms. The first kappa shape index (κ1) is 10.1. The predicted octanol–water partition coefficient (Wildman–Crippen LogP) is 2.68. The minimum atomic E-state index is 0.245. The summed E-state index contributed by atoms with van der Waals surface area (Å²) >= 11 is 0. The Bertz CT molecular complexity index is 403. The molecule has 0 aromatic carbocycles. The van der Waals surface area contributed by atoms with Crippen LogP contribution in [0.3, 0.4) is 0 Å². The van der Waals surface area contributed by atoms with Crippen molar-refractivity contribution in [3.63, 3.8) is 0 Å². The van der Waals surface area contributed by atoms with Crippen LogP contribution < -0.4 is 5.32 Å².